The van der Waals surface area contributed by atoms with Gasteiger partial charge < -0.3 is 24.3 Å². The number of nitrogens with zero attached hydrogens (tertiary/aromatic N) is 4. The number of carbonyl (C=O) groups is 4. The van der Waals surface area contributed by atoms with Crippen LogP contribution in [0.2, 0.25) is 0 Å². The van der Waals surface area contributed by atoms with Gasteiger partial charge in [0.25, 0.3) is 0 Å². The van der Waals surface area contributed by atoms with Gasteiger partial charge in [-0.05, 0) is 37.2 Å². The van der Waals surface area contributed by atoms with Gasteiger partial charge in [0, 0.05) is 51.7 Å². The number of aromatic nitrogens is 4. The number of carbonyl (C=O) groups excluding carboxylic acids is 4. The minimum absolute atomic E-state index is 0.0992. The summed E-state index contributed by atoms with van der Waals surface area (Å²) in [5.41, 5.74) is 0.782. The first kappa shape index (κ1) is 29.3. The first-order chi connectivity index (χ1) is 19.1. The van der Waals surface area contributed by atoms with Crippen molar-refractivity contribution in [1.29, 1.82) is 0 Å². The van der Waals surface area contributed by atoms with Gasteiger partial charge in [-0.15, -0.1) is 5.10 Å². The fraction of sp³-hybridized carbons (Fsp3) is 0.577. The fourth-order valence-corrected chi connectivity index (χ4v) is 5.65. The smallest absolute Gasteiger partial charge is 0.303 e. The summed E-state index contributed by atoms with van der Waals surface area (Å²) in [5.74, 6) is -1.81. The third kappa shape index (κ3) is 6.55. The minimum atomic E-state index is -1.22. The topological polar surface area (TPSA) is 153 Å². The summed E-state index contributed by atoms with van der Waals surface area (Å²) >= 11 is 5.94. The molecule has 3 heterocycles. The average Bonchev–Trinajstić information content (AvgIpc) is 3.53. The van der Waals surface area contributed by atoms with Crippen LogP contribution in [0.1, 0.15) is 65.6 Å². The lowest BCUT2D eigenvalue weighted by molar-refractivity contribution is -0.239. The van der Waals surface area contributed by atoms with Crippen molar-refractivity contribution in [2.45, 2.75) is 90.0 Å². The third-order valence-electron chi connectivity index (χ3n) is 6.79. The van der Waals surface area contributed by atoms with Crippen LogP contribution in [0, 0.1) is 4.77 Å². The first-order valence-corrected chi connectivity index (χ1v) is 13.5. The summed E-state index contributed by atoms with van der Waals surface area (Å²) in [5, 5.41) is 7.62. The zero-order valence-corrected chi connectivity index (χ0v) is 23.6. The van der Waals surface area contributed by atoms with E-state index in [1.165, 1.54) is 32.4 Å². The summed E-state index contributed by atoms with van der Waals surface area (Å²) in [6, 6.07) is 2.68. The van der Waals surface area contributed by atoms with Gasteiger partial charge in [-0.1, -0.05) is 12.8 Å². The molecule has 0 bridgehead atoms. The fourth-order valence-electron chi connectivity index (χ4n) is 5.27. The Kier molecular flexibility index (Phi) is 9.30. The van der Waals surface area contributed by atoms with Crippen molar-refractivity contribution < 1.29 is 38.1 Å². The summed E-state index contributed by atoms with van der Waals surface area (Å²) in [6.07, 6.45) is 2.62. The number of pyridine rings is 1. The highest BCUT2D eigenvalue weighted by molar-refractivity contribution is 7.71. The summed E-state index contributed by atoms with van der Waals surface area (Å²) < 4.78 is 26.5. The number of ether oxygens (including phenoxy) is 4. The maximum absolute atomic E-state index is 12.4. The molecule has 1 amide bonds. The predicted octanol–water partition coefficient (Wildman–Crippen LogP) is 2.42. The molecule has 1 aliphatic heterocycles. The van der Waals surface area contributed by atoms with E-state index in [4.69, 9.17) is 36.3 Å². The molecule has 216 valence electrons. The maximum Gasteiger partial charge on any atom is 0.303 e. The van der Waals surface area contributed by atoms with Crippen molar-refractivity contribution in [1.82, 2.24) is 24.6 Å². The van der Waals surface area contributed by atoms with Crippen molar-refractivity contribution in [3.05, 3.63) is 29.3 Å². The highest BCUT2D eigenvalue weighted by Crippen LogP contribution is 2.37. The molecule has 0 aromatic carbocycles. The van der Waals surface area contributed by atoms with Crippen LogP contribution in [0.15, 0.2) is 24.5 Å². The highest BCUT2D eigenvalue weighted by Gasteiger charge is 2.52. The van der Waals surface area contributed by atoms with E-state index >= 15 is 0 Å². The molecule has 0 unspecified atom stereocenters. The summed E-state index contributed by atoms with van der Waals surface area (Å²) in [6.45, 7) is 4.59. The Morgan fingerprint density at radius 3 is 2.20 bits per heavy atom. The van der Waals surface area contributed by atoms with Crippen LogP contribution in [0.25, 0.3) is 11.4 Å². The van der Waals surface area contributed by atoms with Crippen LogP contribution in [-0.4, -0.2) is 74.1 Å². The third-order valence-corrected chi connectivity index (χ3v) is 7.18. The number of rotatable bonds is 8. The van der Waals surface area contributed by atoms with Crippen LogP contribution >= 0.6 is 12.2 Å². The molecule has 14 heteroatoms. The van der Waals surface area contributed by atoms with Crippen molar-refractivity contribution in [3.8, 4) is 11.4 Å². The average molecular weight is 576 g/mol. The predicted molar refractivity (Wildman–Crippen MR) is 141 cm³/mol. The minimum Gasteiger partial charge on any atom is -0.463 e. The Morgan fingerprint density at radius 2 is 1.62 bits per heavy atom. The lowest BCUT2D eigenvalue weighted by Crippen LogP contribution is -2.64. The molecule has 5 atom stereocenters. The van der Waals surface area contributed by atoms with Crippen molar-refractivity contribution in [3.63, 3.8) is 0 Å². The molecule has 13 nitrogen and oxygen atoms in total. The lowest BCUT2D eigenvalue weighted by atomic mass is 9.95. The molecule has 1 aliphatic carbocycles. The van der Waals surface area contributed by atoms with Gasteiger partial charge in [0.05, 0.1) is 0 Å². The molecule has 2 aromatic rings. The van der Waals surface area contributed by atoms with Gasteiger partial charge in [0.1, 0.15) is 18.8 Å². The molecule has 0 radical (unpaired) electrons. The van der Waals surface area contributed by atoms with E-state index in [1.807, 2.05) is 16.7 Å². The van der Waals surface area contributed by atoms with Gasteiger partial charge in [-0.3, -0.25) is 28.7 Å². The van der Waals surface area contributed by atoms with E-state index in [9.17, 15) is 19.2 Å². The van der Waals surface area contributed by atoms with Gasteiger partial charge >= 0.3 is 17.9 Å². The number of nitrogens with one attached hydrogen (secondary N) is 1. The normalized spacial score (nSPS) is 24.8. The second-order valence-corrected chi connectivity index (χ2v) is 10.2. The molecular formula is C26H33N5O8S. The SMILES string of the molecule is CC(=O)N[C@@H]1[C@@H](OC(C)=O)[C@H](OC(C)=O)[C@@H](COC(C)=O)O[C@H]1n1nc(-c2ccncc2)n(C2CCCC2)c1=S. The molecule has 1 saturated carbocycles. The van der Waals surface area contributed by atoms with E-state index in [0.717, 1.165) is 31.2 Å². The molecule has 0 spiro atoms. The van der Waals surface area contributed by atoms with E-state index in [0.29, 0.717) is 10.6 Å². The van der Waals surface area contributed by atoms with E-state index in [2.05, 4.69) is 10.3 Å². The molecule has 2 aromatic heterocycles. The lowest BCUT2D eigenvalue weighted by Gasteiger charge is -2.45. The van der Waals surface area contributed by atoms with Crippen molar-refractivity contribution in [2.24, 2.45) is 0 Å². The molecule has 40 heavy (non-hydrogen) atoms. The Morgan fingerprint density at radius 1 is 1.00 bits per heavy atom. The largest absolute Gasteiger partial charge is 0.463 e. The van der Waals surface area contributed by atoms with E-state index < -0.39 is 54.4 Å². The van der Waals surface area contributed by atoms with Gasteiger partial charge in [0.2, 0.25) is 10.7 Å². The second-order valence-electron chi connectivity index (χ2n) is 9.84. The van der Waals surface area contributed by atoms with Crippen LogP contribution < -0.4 is 5.32 Å². The Balaban J connectivity index is 1.87. The molecule has 4 rings (SSSR count). The molecule has 2 aliphatic rings. The van der Waals surface area contributed by atoms with Crippen LogP contribution in [0.3, 0.4) is 0 Å². The van der Waals surface area contributed by atoms with Crippen molar-refractivity contribution >= 4 is 36.0 Å². The monoisotopic (exact) mass is 575 g/mol. The zero-order valence-electron chi connectivity index (χ0n) is 22.8. The molecule has 1 N–H and O–H groups in total. The number of amides is 1. The number of hydrogen-bond acceptors (Lipinski definition) is 11. The van der Waals surface area contributed by atoms with Gasteiger partial charge in [0.15, 0.2) is 24.3 Å². The number of hydrogen-bond donors (Lipinski definition) is 1. The molecule has 1 saturated heterocycles. The van der Waals surface area contributed by atoms with Gasteiger partial charge in [-0.25, -0.2) is 4.68 Å². The highest BCUT2D eigenvalue weighted by atomic mass is 32.1. The van der Waals surface area contributed by atoms with Crippen LogP contribution in [0.4, 0.5) is 0 Å². The Bertz CT molecular complexity index is 1310. The standard InChI is InChI=1S/C26H33N5O8S/c1-14(32)28-21-23(38-17(4)35)22(37-16(3)34)20(13-36-15(2)33)39-25(21)31-26(40)30(19-7-5-6-8-19)24(29-31)18-9-11-27-12-10-18/h9-12,19-23,25H,5-8,13H2,1-4H3,(H,28,32)/t20-,21-,22-,23-,25-/m1/s1. The van der Waals surface area contributed by atoms with Crippen LogP contribution in [-0.2, 0) is 38.1 Å². The maximum atomic E-state index is 12.4. The van der Waals surface area contributed by atoms with E-state index in [-0.39, 0.29) is 12.6 Å². The quantitative estimate of drug-likeness (QED) is 0.280. The summed E-state index contributed by atoms with van der Waals surface area (Å²) in [7, 11) is 0. The zero-order chi connectivity index (χ0) is 29.0. The Labute approximate surface area is 236 Å². The molecular weight excluding hydrogens is 542 g/mol. The number of esters is 3. The van der Waals surface area contributed by atoms with E-state index in [1.54, 1.807) is 12.4 Å². The summed E-state index contributed by atoms with van der Waals surface area (Å²) in [4.78, 5) is 52.4. The van der Waals surface area contributed by atoms with Crippen LogP contribution in [0.5, 0.6) is 0 Å². The van der Waals surface area contributed by atoms with Gasteiger partial charge in [-0.2, -0.15) is 0 Å². The molecule has 2 fully saturated rings. The first-order valence-electron chi connectivity index (χ1n) is 13.1. The Hall–Kier alpha value is -3.65. The second kappa shape index (κ2) is 12.7. The van der Waals surface area contributed by atoms with Crippen molar-refractivity contribution in [2.75, 3.05) is 6.61 Å².